The molecule has 160 valence electrons. The van der Waals surface area contributed by atoms with Gasteiger partial charge in [0.15, 0.2) is 11.6 Å². The number of benzene rings is 1. The van der Waals surface area contributed by atoms with E-state index in [-0.39, 0.29) is 23.4 Å². The molecular weight excluding hydrogens is 398 g/mol. The number of carbonyl (C=O) groups is 2. The number of anilines is 1. The van der Waals surface area contributed by atoms with Crippen LogP contribution in [0.4, 0.5) is 5.69 Å². The highest BCUT2D eigenvalue weighted by molar-refractivity contribution is 6.31. The maximum absolute atomic E-state index is 13.2. The molecule has 0 saturated heterocycles. The lowest BCUT2D eigenvalue weighted by molar-refractivity contribution is -0.126. The van der Waals surface area contributed by atoms with Crippen molar-refractivity contribution >= 4 is 28.9 Å². The summed E-state index contributed by atoms with van der Waals surface area (Å²) in [5, 5.41) is 0.543. The Labute approximate surface area is 184 Å². The Morgan fingerprint density at radius 1 is 1.07 bits per heavy atom. The first-order chi connectivity index (χ1) is 14.2. The van der Waals surface area contributed by atoms with Crippen LogP contribution in [0.2, 0.25) is 5.02 Å². The third-order valence-electron chi connectivity index (χ3n) is 5.62. The van der Waals surface area contributed by atoms with Crippen molar-refractivity contribution in [3.05, 3.63) is 58.9 Å². The van der Waals surface area contributed by atoms with Gasteiger partial charge in [0, 0.05) is 47.6 Å². The molecule has 5 nitrogen and oxygen atoms in total. The van der Waals surface area contributed by atoms with Crippen molar-refractivity contribution in [1.29, 1.82) is 0 Å². The Hall–Kier alpha value is -2.24. The van der Waals surface area contributed by atoms with Gasteiger partial charge in [-0.25, -0.2) is 0 Å². The minimum absolute atomic E-state index is 0.0999. The molecule has 1 fully saturated rings. The monoisotopic (exact) mass is 427 g/mol. The summed E-state index contributed by atoms with van der Waals surface area (Å²) < 4.78 is 0. The van der Waals surface area contributed by atoms with Gasteiger partial charge >= 0.3 is 0 Å². The highest BCUT2D eigenvalue weighted by Gasteiger charge is 2.38. The molecule has 1 heterocycles. The predicted octanol–water partition coefficient (Wildman–Crippen LogP) is 4.72. The number of hydrogen-bond acceptors (Lipinski definition) is 5. The van der Waals surface area contributed by atoms with E-state index in [0.717, 1.165) is 29.7 Å². The summed E-state index contributed by atoms with van der Waals surface area (Å²) in [6.07, 6.45) is 5.34. The number of aromatic nitrogens is 1. The standard InChI is InChI=1S/C24H30ClN3O2/c1-15(2)23(29)21(27(3)4)18-11-19(25)13-20(12-18)28(5)22(24(30)16-8-9-16)17-7-6-10-26-14-17/h6-7,10-16,21-22H,8-9H2,1-5H3. The number of rotatable bonds is 9. The average Bonchev–Trinajstić information content (AvgIpc) is 3.53. The van der Waals surface area contributed by atoms with E-state index < -0.39 is 12.1 Å². The zero-order chi connectivity index (χ0) is 22.0. The van der Waals surface area contributed by atoms with Crippen molar-refractivity contribution < 1.29 is 9.59 Å². The summed E-state index contributed by atoms with van der Waals surface area (Å²) in [6, 6.07) is 8.61. The van der Waals surface area contributed by atoms with Crippen LogP contribution < -0.4 is 4.90 Å². The molecular formula is C24H30ClN3O2. The fourth-order valence-electron chi connectivity index (χ4n) is 3.85. The van der Waals surface area contributed by atoms with Gasteiger partial charge in [-0.15, -0.1) is 0 Å². The Morgan fingerprint density at radius 2 is 1.77 bits per heavy atom. The van der Waals surface area contributed by atoms with Crippen LogP contribution in [0.15, 0.2) is 42.7 Å². The first kappa shape index (κ1) is 22.4. The van der Waals surface area contributed by atoms with Crippen LogP contribution in [-0.4, -0.2) is 42.6 Å². The molecule has 2 atom stereocenters. The van der Waals surface area contributed by atoms with Crippen LogP contribution in [0.3, 0.4) is 0 Å². The number of Topliss-reactive ketones (excluding diaryl/α,β-unsaturated/α-hetero) is 2. The van der Waals surface area contributed by atoms with E-state index in [0.29, 0.717) is 5.02 Å². The van der Waals surface area contributed by atoms with Gasteiger partial charge < -0.3 is 4.90 Å². The molecule has 0 amide bonds. The van der Waals surface area contributed by atoms with Crippen molar-refractivity contribution in [2.45, 2.75) is 38.8 Å². The number of nitrogens with zero attached hydrogens (tertiary/aromatic N) is 3. The molecule has 1 aromatic heterocycles. The van der Waals surface area contributed by atoms with Crippen molar-refractivity contribution in [2.24, 2.45) is 11.8 Å². The maximum Gasteiger partial charge on any atom is 0.162 e. The minimum Gasteiger partial charge on any atom is -0.361 e. The van der Waals surface area contributed by atoms with Crippen LogP contribution in [0.1, 0.15) is 49.9 Å². The minimum atomic E-state index is -0.434. The molecule has 1 aromatic carbocycles. The van der Waals surface area contributed by atoms with Crippen molar-refractivity contribution in [3.63, 3.8) is 0 Å². The van der Waals surface area contributed by atoms with Gasteiger partial charge in [0.25, 0.3) is 0 Å². The van der Waals surface area contributed by atoms with Crippen LogP contribution in [0.25, 0.3) is 0 Å². The summed E-state index contributed by atoms with van der Waals surface area (Å²) in [5.74, 6) is 0.341. The fraction of sp³-hybridized carbons (Fsp3) is 0.458. The normalized spacial score (nSPS) is 15.9. The third-order valence-corrected chi connectivity index (χ3v) is 5.84. The molecule has 0 aliphatic heterocycles. The average molecular weight is 428 g/mol. The Balaban J connectivity index is 2.03. The quantitative estimate of drug-likeness (QED) is 0.579. The second-order valence-electron chi connectivity index (χ2n) is 8.64. The topological polar surface area (TPSA) is 53.5 Å². The zero-order valence-electron chi connectivity index (χ0n) is 18.3. The third kappa shape index (κ3) is 4.90. The van der Waals surface area contributed by atoms with Crippen LogP contribution >= 0.6 is 11.6 Å². The predicted molar refractivity (Wildman–Crippen MR) is 121 cm³/mol. The van der Waals surface area contributed by atoms with Crippen molar-refractivity contribution in [2.75, 3.05) is 26.0 Å². The second kappa shape index (κ2) is 9.27. The summed E-state index contributed by atoms with van der Waals surface area (Å²) in [7, 11) is 5.69. The van der Waals surface area contributed by atoms with E-state index in [9.17, 15) is 9.59 Å². The molecule has 6 heteroatoms. The van der Waals surface area contributed by atoms with E-state index in [1.165, 1.54) is 0 Å². The molecule has 0 N–H and O–H groups in total. The fourth-order valence-corrected chi connectivity index (χ4v) is 4.08. The van der Waals surface area contributed by atoms with Crippen molar-refractivity contribution in [1.82, 2.24) is 9.88 Å². The SMILES string of the molecule is CC(C)C(=O)C(c1cc(Cl)cc(N(C)C(C(=O)C2CC2)c2cccnc2)c1)N(C)C. The number of ketones is 2. The Morgan fingerprint density at radius 3 is 2.30 bits per heavy atom. The van der Waals surface area contributed by atoms with Gasteiger partial charge in [0.2, 0.25) is 0 Å². The van der Waals surface area contributed by atoms with Crippen molar-refractivity contribution in [3.8, 4) is 0 Å². The highest BCUT2D eigenvalue weighted by Crippen LogP contribution is 2.39. The Kier molecular flexibility index (Phi) is 6.94. The zero-order valence-corrected chi connectivity index (χ0v) is 19.1. The molecule has 1 aliphatic carbocycles. The molecule has 2 unspecified atom stereocenters. The van der Waals surface area contributed by atoms with Gasteiger partial charge in [-0.3, -0.25) is 19.5 Å². The molecule has 3 rings (SSSR count). The number of likely N-dealkylation sites (N-methyl/N-ethyl adjacent to an activating group) is 2. The van der Waals surface area contributed by atoms with E-state index >= 15 is 0 Å². The summed E-state index contributed by atoms with van der Waals surface area (Å²) in [5.41, 5.74) is 2.50. The first-order valence-corrected chi connectivity index (χ1v) is 10.8. The van der Waals surface area contributed by atoms with Gasteiger partial charge in [-0.05, 0) is 56.8 Å². The van der Waals surface area contributed by atoms with Gasteiger partial charge in [-0.1, -0.05) is 31.5 Å². The van der Waals surface area contributed by atoms with Gasteiger partial charge in [-0.2, -0.15) is 0 Å². The van der Waals surface area contributed by atoms with E-state index in [4.69, 9.17) is 11.6 Å². The van der Waals surface area contributed by atoms with Crippen LogP contribution in [-0.2, 0) is 9.59 Å². The lowest BCUT2D eigenvalue weighted by Gasteiger charge is -2.31. The second-order valence-corrected chi connectivity index (χ2v) is 9.08. The van der Waals surface area contributed by atoms with E-state index in [1.54, 1.807) is 12.4 Å². The smallest absolute Gasteiger partial charge is 0.162 e. The molecule has 2 aromatic rings. The molecule has 1 aliphatic rings. The summed E-state index contributed by atoms with van der Waals surface area (Å²) in [4.78, 5) is 34.1. The highest BCUT2D eigenvalue weighted by atomic mass is 35.5. The van der Waals surface area contributed by atoms with Crippen LogP contribution in [0, 0.1) is 11.8 Å². The number of halogens is 1. The molecule has 0 bridgehead atoms. The first-order valence-electron chi connectivity index (χ1n) is 10.4. The number of hydrogen-bond donors (Lipinski definition) is 0. The number of pyridine rings is 1. The largest absolute Gasteiger partial charge is 0.361 e. The molecule has 0 radical (unpaired) electrons. The lowest BCUT2D eigenvalue weighted by Crippen LogP contribution is -2.33. The van der Waals surface area contributed by atoms with Gasteiger partial charge in [0.05, 0.1) is 6.04 Å². The van der Waals surface area contributed by atoms with E-state index in [1.807, 2.05) is 75.1 Å². The number of carbonyl (C=O) groups excluding carboxylic acids is 2. The molecule has 30 heavy (non-hydrogen) atoms. The Bertz CT molecular complexity index is 910. The molecule has 1 saturated carbocycles. The van der Waals surface area contributed by atoms with Crippen LogP contribution in [0.5, 0.6) is 0 Å². The maximum atomic E-state index is 13.2. The van der Waals surface area contributed by atoms with E-state index in [2.05, 4.69) is 4.98 Å². The lowest BCUT2D eigenvalue weighted by atomic mass is 9.93. The van der Waals surface area contributed by atoms with Gasteiger partial charge in [0.1, 0.15) is 6.04 Å². The summed E-state index contributed by atoms with van der Waals surface area (Å²) in [6.45, 7) is 3.81. The summed E-state index contributed by atoms with van der Waals surface area (Å²) >= 11 is 6.48. The molecule has 0 spiro atoms.